The van der Waals surface area contributed by atoms with Gasteiger partial charge in [0.15, 0.2) is 11.9 Å². The number of carbonyl (C=O) groups excluding carboxylic acids is 2. The van der Waals surface area contributed by atoms with Crippen molar-refractivity contribution in [3.63, 3.8) is 0 Å². The molecular formula is C18H19N3O4. The number of hydrogen-bond donors (Lipinski definition) is 0. The summed E-state index contributed by atoms with van der Waals surface area (Å²) < 4.78 is 10.4. The fraction of sp³-hybridized carbons (Fsp3) is 0.444. The Bertz CT molecular complexity index is 816. The molecule has 2 aliphatic heterocycles. The lowest BCUT2D eigenvalue weighted by molar-refractivity contribution is -0.142. The number of aromatic nitrogens is 2. The molecule has 0 unspecified atom stereocenters. The number of piperidine rings is 1. The third-order valence-corrected chi connectivity index (χ3v) is 4.81. The molecule has 0 N–H and O–H groups in total. The lowest BCUT2D eigenvalue weighted by Crippen LogP contribution is -2.48. The minimum Gasteiger partial charge on any atom is -0.448 e. The van der Waals surface area contributed by atoms with Gasteiger partial charge in [0.25, 0.3) is 5.91 Å². The van der Waals surface area contributed by atoms with Crippen LogP contribution in [0.2, 0.25) is 0 Å². The summed E-state index contributed by atoms with van der Waals surface area (Å²) in [4.78, 5) is 31.1. The van der Waals surface area contributed by atoms with Crippen LogP contribution in [0.25, 0.3) is 0 Å². The molecule has 2 aliphatic rings. The first-order chi connectivity index (χ1) is 12.1. The van der Waals surface area contributed by atoms with Crippen molar-refractivity contribution >= 4 is 11.9 Å². The van der Waals surface area contributed by atoms with Crippen molar-refractivity contribution in [2.75, 3.05) is 13.1 Å². The Labute approximate surface area is 145 Å². The normalized spacial score (nSPS) is 23.1. The van der Waals surface area contributed by atoms with Gasteiger partial charge in [-0.3, -0.25) is 4.79 Å². The van der Waals surface area contributed by atoms with E-state index in [2.05, 4.69) is 10.1 Å². The number of likely N-dealkylation sites (tertiary alicyclic amines) is 1. The molecule has 0 radical (unpaired) electrons. The number of esters is 1. The molecule has 7 nitrogen and oxygen atoms in total. The molecule has 1 fully saturated rings. The van der Waals surface area contributed by atoms with Crippen LogP contribution < -0.4 is 0 Å². The predicted molar refractivity (Wildman–Crippen MR) is 86.9 cm³/mol. The number of nitrogens with zero attached hydrogens (tertiary/aromatic N) is 3. The molecule has 7 heteroatoms. The molecule has 3 heterocycles. The summed E-state index contributed by atoms with van der Waals surface area (Å²) in [6.45, 7) is 2.93. The van der Waals surface area contributed by atoms with Crippen molar-refractivity contribution in [3.8, 4) is 0 Å². The number of cyclic esters (lactones) is 1. The Hall–Kier alpha value is -2.70. The van der Waals surface area contributed by atoms with Crippen molar-refractivity contribution in [1.29, 1.82) is 0 Å². The summed E-state index contributed by atoms with van der Waals surface area (Å²) in [6, 6.07) is 7.27. The smallest absolute Gasteiger partial charge is 0.339 e. The van der Waals surface area contributed by atoms with Crippen molar-refractivity contribution in [1.82, 2.24) is 15.0 Å². The lowest BCUT2D eigenvalue weighted by Gasteiger charge is -2.34. The SMILES string of the molecule is Cc1nc([C@@H]2CCCN(C(=O)[C@@H]3Cc4ccccc4C(=O)O3)C2)no1. The van der Waals surface area contributed by atoms with Crippen LogP contribution in [0, 0.1) is 6.92 Å². The number of rotatable bonds is 2. The third kappa shape index (κ3) is 3.01. The maximum absolute atomic E-state index is 12.9. The fourth-order valence-corrected chi connectivity index (χ4v) is 3.54. The van der Waals surface area contributed by atoms with Gasteiger partial charge < -0.3 is 14.2 Å². The van der Waals surface area contributed by atoms with Crippen molar-refractivity contribution in [3.05, 3.63) is 47.1 Å². The highest BCUT2D eigenvalue weighted by Gasteiger charge is 2.36. The van der Waals surface area contributed by atoms with Crippen molar-refractivity contribution < 1.29 is 18.8 Å². The van der Waals surface area contributed by atoms with E-state index in [0.717, 1.165) is 18.4 Å². The van der Waals surface area contributed by atoms with Crippen molar-refractivity contribution in [2.24, 2.45) is 0 Å². The van der Waals surface area contributed by atoms with Crippen LogP contribution in [0.1, 0.15) is 46.4 Å². The molecule has 4 rings (SSSR count). The Morgan fingerprint density at radius 2 is 2.16 bits per heavy atom. The van der Waals surface area contributed by atoms with Crippen LogP contribution in [-0.4, -0.2) is 46.1 Å². The van der Waals surface area contributed by atoms with Gasteiger partial charge in [0.05, 0.1) is 5.56 Å². The predicted octanol–water partition coefficient (Wildman–Crippen LogP) is 1.87. The molecule has 0 spiro atoms. The van der Waals surface area contributed by atoms with Crippen LogP contribution >= 0.6 is 0 Å². The van der Waals surface area contributed by atoms with Crippen LogP contribution in [0.15, 0.2) is 28.8 Å². The van der Waals surface area contributed by atoms with E-state index in [1.54, 1.807) is 24.0 Å². The molecule has 0 saturated carbocycles. The number of hydrogen-bond acceptors (Lipinski definition) is 6. The second kappa shape index (κ2) is 6.31. The van der Waals surface area contributed by atoms with Gasteiger partial charge in [0, 0.05) is 32.4 Å². The Morgan fingerprint density at radius 3 is 2.96 bits per heavy atom. The highest BCUT2D eigenvalue weighted by atomic mass is 16.5. The Kier molecular flexibility index (Phi) is 3.99. The summed E-state index contributed by atoms with van der Waals surface area (Å²) in [5, 5.41) is 3.98. The van der Waals surface area contributed by atoms with E-state index >= 15 is 0 Å². The number of carbonyl (C=O) groups is 2. The average molecular weight is 341 g/mol. The van der Waals surface area contributed by atoms with E-state index in [1.807, 2.05) is 12.1 Å². The van der Waals surface area contributed by atoms with Gasteiger partial charge in [0.1, 0.15) is 0 Å². The summed E-state index contributed by atoms with van der Waals surface area (Å²) in [5.41, 5.74) is 1.41. The van der Waals surface area contributed by atoms with Gasteiger partial charge in [-0.05, 0) is 24.5 Å². The molecule has 1 aromatic heterocycles. The van der Waals surface area contributed by atoms with Gasteiger partial charge in [0.2, 0.25) is 5.89 Å². The Morgan fingerprint density at radius 1 is 1.32 bits per heavy atom. The Balaban J connectivity index is 1.48. The van der Waals surface area contributed by atoms with Gasteiger partial charge in [-0.15, -0.1) is 0 Å². The van der Waals surface area contributed by atoms with Gasteiger partial charge in [-0.1, -0.05) is 23.4 Å². The third-order valence-electron chi connectivity index (χ3n) is 4.81. The maximum atomic E-state index is 12.9. The zero-order chi connectivity index (χ0) is 17.4. The van der Waals surface area contributed by atoms with E-state index in [-0.39, 0.29) is 11.8 Å². The number of fused-ring (bicyclic) bond motifs is 1. The zero-order valence-corrected chi connectivity index (χ0v) is 14.0. The maximum Gasteiger partial charge on any atom is 0.339 e. The average Bonchev–Trinajstić information content (AvgIpc) is 3.08. The molecule has 2 aromatic rings. The van der Waals surface area contributed by atoms with Gasteiger partial charge in [-0.25, -0.2) is 4.79 Å². The lowest BCUT2D eigenvalue weighted by atomic mass is 9.95. The molecular weight excluding hydrogens is 322 g/mol. The summed E-state index contributed by atoms with van der Waals surface area (Å²) in [5.74, 6) is 0.648. The molecule has 0 aliphatic carbocycles. The van der Waals surface area contributed by atoms with Crippen molar-refractivity contribution in [2.45, 2.75) is 38.2 Å². The topological polar surface area (TPSA) is 85.5 Å². The summed E-state index contributed by atoms with van der Waals surface area (Å²) >= 11 is 0. The largest absolute Gasteiger partial charge is 0.448 e. The highest BCUT2D eigenvalue weighted by molar-refractivity contribution is 5.95. The van der Waals surface area contributed by atoms with E-state index < -0.39 is 12.1 Å². The zero-order valence-electron chi connectivity index (χ0n) is 14.0. The van der Waals surface area contributed by atoms with E-state index in [0.29, 0.717) is 36.8 Å². The van der Waals surface area contributed by atoms with Gasteiger partial charge >= 0.3 is 5.97 Å². The molecule has 1 amide bonds. The summed E-state index contributed by atoms with van der Waals surface area (Å²) in [7, 11) is 0. The van der Waals surface area contributed by atoms with Crippen LogP contribution in [0.5, 0.6) is 0 Å². The van der Waals surface area contributed by atoms with E-state index in [4.69, 9.17) is 9.26 Å². The quantitative estimate of drug-likeness (QED) is 0.775. The number of amides is 1. The highest BCUT2D eigenvalue weighted by Crippen LogP contribution is 2.27. The molecule has 130 valence electrons. The van der Waals surface area contributed by atoms with Crippen LogP contribution in [-0.2, 0) is 16.0 Å². The van der Waals surface area contributed by atoms with E-state index in [9.17, 15) is 9.59 Å². The van der Waals surface area contributed by atoms with Crippen LogP contribution in [0.3, 0.4) is 0 Å². The number of benzene rings is 1. The summed E-state index contributed by atoms with van der Waals surface area (Å²) in [6.07, 6.45) is 1.44. The second-order valence-electron chi connectivity index (χ2n) is 6.55. The van der Waals surface area contributed by atoms with Crippen LogP contribution in [0.4, 0.5) is 0 Å². The first-order valence-electron chi connectivity index (χ1n) is 8.49. The first-order valence-corrected chi connectivity index (χ1v) is 8.49. The molecule has 2 atom stereocenters. The number of ether oxygens (including phenoxy) is 1. The first kappa shape index (κ1) is 15.8. The standard InChI is InChI=1S/C18H19N3O4/c1-11-19-16(20-25-11)13-6-4-8-21(10-13)17(22)15-9-12-5-2-3-7-14(12)18(23)24-15/h2-3,5,7,13,15H,4,6,8-10H2,1H3/t13-,15+/m1/s1. The minimum absolute atomic E-state index is 0.0572. The minimum atomic E-state index is -0.756. The monoisotopic (exact) mass is 341 g/mol. The molecule has 0 bridgehead atoms. The molecule has 25 heavy (non-hydrogen) atoms. The van der Waals surface area contributed by atoms with E-state index in [1.165, 1.54) is 0 Å². The molecule has 1 saturated heterocycles. The number of aryl methyl sites for hydroxylation is 1. The molecule has 1 aromatic carbocycles. The van der Waals surface area contributed by atoms with Gasteiger partial charge in [-0.2, -0.15) is 4.98 Å². The second-order valence-corrected chi connectivity index (χ2v) is 6.55. The fourth-order valence-electron chi connectivity index (χ4n) is 3.54.